The fraction of sp³-hybridized carbons (Fsp3) is 0.500. The van der Waals surface area contributed by atoms with E-state index >= 15 is 0 Å². The number of nitrogens with zero attached hydrogens (tertiary/aromatic N) is 1. The number of thiophene rings is 1. The minimum atomic E-state index is 0.0898. The third-order valence-corrected chi connectivity index (χ3v) is 4.38. The molecule has 0 bridgehead atoms. The Morgan fingerprint density at radius 2 is 2.56 bits per heavy atom. The molecule has 2 rings (SSSR count). The Morgan fingerprint density at radius 3 is 3.28 bits per heavy atom. The predicted molar refractivity (Wildman–Crippen MR) is 75.8 cm³/mol. The van der Waals surface area contributed by atoms with Gasteiger partial charge in [0.2, 0.25) is 5.91 Å². The van der Waals surface area contributed by atoms with E-state index in [-0.39, 0.29) is 5.91 Å². The van der Waals surface area contributed by atoms with Crippen molar-refractivity contribution >= 4 is 17.2 Å². The van der Waals surface area contributed by atoms with Crippen molar-refractivity contribution in [3.05, 3.63) is 34.5 Å². The van der Waals surface area contributed by atoms with Crippen molar-refractivity contribution in [2.75, 3.05) is 19.6 Å². The monoisotopic (exact) mass is 264 g/mol. The summed E-state index contributed by atoms with van der Waals surface area (Å²) >= 11 is 1.84. The molecule has 3 nitrogen and oxygen atoms in total. The molecule has 0 fully saturated rings. The fourth-order valence-electron chi connectivity index (χ4n) is 2.54. The van der Waals surface area contributed by atoms with Crippen molar-refractivity contribution in [1.29, 1.82) is 0 Å². The van der Waals surface area contributed by atoms with Gasteiger partial charge in [0.25, 0.3) is 0 Å². The minimum Gasteiger partial charge on any atom is -0.352 e. The fourth-order valence-corrected chi connectivity index (χ4v) is 3.47. The van der Waals surface area contributed by atoms with Crippen LogP contribution in [0.4, 0.5) is 0 Å². The second kappa shape index (κ2) is 6.16. The summed E-state index contributed by atoms with van der Waals surface area (Å²) in [5.74, 6) is 0.0898. The number of hydrogen-bond donors (Lipinski definition) is 1. The Labute approximate surface area is 112 Å². The van der Waals surface area contributed by atoms with Crippen LogP contribution in [-0.2, 0) is 11.2 Å². The molecule has 0 saturated heterocycles. The quantitative estimate of drug-likeness (QED) is 0.828. The summed E-state index contributed by atoms with van der Waals surface area (Å²) < 4.78 is 0. The lowest BCUT2D eigenvalue weighted by molar-refractivity contribution is -0.122. The Balaban J connectivity index is 2.01. The molecule has 0 spiro atoms. The molecule has 1 amide bonds. The molecule has 0 saturated carbocycles. The number of hydrogen-bond acceptors (Lipinski definition) is 3. The van der Waals surface area contributed by atoms with E-state index in [4.69, 9.17) is 0 Å². The number of carbonyl (C=O) groups is 1. The van der Waals surface area contributed by atoms with Crippen molar-refractivity contribution in [2.45, 2.75) is 25.8 Å². The van der Waals surface area contributed by atoms with Gasteiger partial charge in [-0.25, -0.2) is 0 Å². The van der Waals surface area contributed by atoms with Crippen LogP contribution in [0.1, 0.15) is 29.8 Å². The highest BCUT2D eigenvalue weighted by atomic mass is 32.1. The van der Waals surface area contributed by atoms with E-state index in [2.05, 4.69) is 35.2 Å². The molecule has 1 atom stereocenters. The van der Waals surface area contributed by atoms with Crippen molar-refractivity contribution in [2.24, 2.45) is 0 Å². The van der Waals surface area contributed by atoms with E-state index in [1.165, 1.54) is 10.4 Å². The van der Waals surface area contributed by atoms with E-state index in [9.17, 15) is 4.79 Å². The highest BCUT2D eigenvalue weighted by Gasteiger charge is 2.27. The van der Waals surface area contributed by atoms with Gasteiger partial charge in [-0.1, -0.05) is 13.0 Å². The molecule has 0 aliphatic carbocycles. The Hall–Kier alpha value is -1.13. The SMILES string of the molecule is C=CCNC(=O)CN1CCc2sccc2C1CC. The molecule has 98 valence electrons. The zero-order valence-corrected chi connectivity index (χ0v) is 11.6. The van der Waals surface area contributed by atoms with Gasteiger partial charge in [0, 0.05) is 24.0 Å². The van der Waals surface area contributed by atoms with Crippen molar-refractivity contribution < 1.29 is 4.79 Å². The van der Waals surface area contributed by atoms with Gasteiger partial charge >= 0.3 is 0 Å². The number of carbonyl (C=O) groups excluding carboxylic acids is 1. The molecular weight excluding hydrogens is 244 g/mol. The average Bonchev–Trinajstić information content (AvgIpc) is 2.84. The summed E-state index contributed by atoms with van der Waals surface area (Å²) in [6.07, 6.45) is 3.83. The van der Waals surface area contributed by atoms with Crippen molar-refractivity contribution in [3.63, 3.8) is 0 Å². The Bertz CT molecular complexity index is 427. The van der Waals surface area contributed by atoms with Gasteiger partial charge in [-0.3, -0.25) is 9.69 Å². The van der Waals surface area contributed by atoms with Crippen LogP contribution in [0.15, 0.2) is 24.1 Å². The lowest BCUT2D eigenvalue weighted by atomic mass is 9.98. The van der Waals surface area contributed by atoms with Gasteiger partial charge in [0.15, 0.2) is 0 Å². The second-order valence-electron chi connectivity index (χ2n) is 4.54. The topological polar surface area (TPSA) is 32.3 Å². The predicted octanol–water partition coefficient (Wildman–Crippen LogP) is 2.36. The van der Waals surface area contributed by atoms with Gasteiger partial charge in [-0.05, 0) is 29.9 Å². The molecular formula is C14H20N2OS. The zero-order valence-electron chi connectivity index (χ0n) is 10.8. The first-order chi connectivity index (χ1) is 8.76. The summed E-state index contributed by atoms with van der Waals surface area (Å²) in [4.78, 5) is 15.6. The molecule has 4 heteroatoms. The standard InChI is InChI=1S/C14H20N2OS/c1-3-7-15-14(17)10-16-8-5-13-11(6-9-18-13)12(16)4-2/h3,6,9,12H,1,4-5,7-8,10H2,2H3,(H,15,17). The summed E-state index contributed by atoms with van der Waals surface area (Å²) in [6, 6.07) is 2.61. The summed E-state index contributed by atoms with van der Waals surface area (Å²) in [5, 5.41) is 5.01. The molecule has 0 radical (unpaired) electrons. The Kier molecular flexibility index (Phi) is 4.55. The van der Waals surface area contributed by atoms with E-state index < -0.39 is 0 Å². The lowest BCUT2D eigenvalue weighted by Crippen LogP contribution is -2.42. The van der Waals surface area contributed by atoms with Crippen LogP contribution in [-0.4, -0.2) is 30.4 Å². The number of amides is 1. The van der Waals surface area contributed by atoms with Crippen molar-refractivity contribution in [3.8, 4) is 0 Å². The second-order valence-corrected chi connectivity index (χ2v) is 5.54. The van der Waals surface area contributed by atoms with E-state index in [0.717, 1.165) is 19.4 Å². The summed E-state index contributed by atoms with van der Waals surface area (Å²) in [5.41, 5.74) is 1.42. The normalized spacial score (nSPS) is 19.3. The molecule has 1 unspecified atom stereocenters. The first kappa shape index (κ1) is 13.3. The largest absolute Gasteiger partial charge is 0.352 e. The maximum atomic E-state index is 11.8. The highest BCUT2D eigenvalue weighted by Crippen LogP contribution is 2.34. The third kappa shape index (κ3) is 2.82. The molecule has 0 aromatic carbocycles. The van der Waals surface area contributed by atoms with E-state index in [0.29, 0.717) is 19.1 Å². The van der Waals surface area contributed by atoms with E-state index in [1.54, 1.807) is 6.08 Å². The Morgan fingerprint density at radius 1 is 1.72 bits per heavy atom. The molecule has 1 N–H and O–H groups in total. The van der Waals surface area contributed by atoms with Crippen LogP contribution >= 0.6 is 11.3 Å². The van der Waals surface area contributed by atoms with Crippen LogP contribution in [0.2, 0.25) is 0 Å². The molecule has 1 aliphatic heterocycles. The maximum Gasteiger partial charge on any atom is 0.234 e. The van der Waals surface area contributed by atoms with Gasteiger partial charge in [-0.2, -0.15) is 0 Å². The average molecular weight is 264 g/mol. The molecule has 18 heavy (non-hydrogen) atoms. The van der Waals surface area contributed by atoms with Crippen LogP contribution in [0.5, 0.6) is 0 Å². The number of fused-ring (bicyclic) bond motifs is 1. The van der Waals surface area contributed by atoms with Gasteiger partial charge in [0.1, 0.15) is 0 Å². The molecule has 1 aliphatic rings. The van der Waals surface area contributed by atoms with Crippen LogP contribution in [0.3, 0.4) is 0 Å². The van der Waals surface area contributed by atoms with E-state index in [1.807, 2.05) is 11.3 Å². The summed E-state index contributed by atoms with van der Waals surface area (Å²) in [6.45, 7) is 7.81. The van der Waals surface area contributed by atoms with Crippen LogP contribution in [0, 0.1) is 0 Å². The first-order valence-electron chi connectivity index (χ1n) is 6.44. The minimum absolute atomic E-state index is 0.0898. The molecule has 1 aromatic rings. The number of nitrogens with one attached hydrogen (secondary N) is 1. The van der Waals surface area contributed by atoms with Crippen LogP contribution in [0.25, 0.3) is 0 Å². The molecule has 2 heterocycles. The first-order valence-corrected chi connectivity index (χ1v) is 7.32. The number of rotatable bonds is 5. The smallest absolute Gasteiger partial charge is 0.234 e. The van der Waals surface area contributed by atoms with Crippen molar-refractivity contribution in [1.82, 2.24) is 10.2 Å². The zero-order chi connectivity index (χ0) is 13.0. The van der Waals surface area contributed by atoms with Gasteiger partial charge in [-0.15, -0.1) is 17.9 Å². The summed E-state index contributed by atoms with van der Waals surface area (Å²) in [7, 11) is 0. The van der Waals surface area contributed by atoms with Gasteiger partial charge < -0.3 is 5.32 Å². The highest BCUT2D eigenvalue weighted by molar-refractivity contribution is 7.10. The lowest BCUT2D eigenvalue weighted by Gasteiger charge is -2.34. The van der Waals surface area contributed by atoms with Crippen LogP contribution < -0.4 is 5.32 Å². The molecule has 1 aromatic heterocycles. The van der Waals surface area contributed by atoms with Gasteiger partial charge in [0.05, 0.1) is 6.54 Å². The maximum absolute atomic E-state index is 11.8. The third-order valence-electron chi connectivity index (χ3n) is 3.38.